The van der Waals surface area contributed by atoms with E-state index in [1.807, 2.05) is 24.3 Å². The first-order valence-electron chi connectivity index (χ1n) is 8.45. The van der Waals surface area contributed by atoms with Gasteiger partial charge in [0.15, 0.2) is 0 Å². The second kappa shape index (κ2) is 9.19. The number of nitrogens with one attached hydrogen (secondary N) is 1. The topological polar surface area (TPSA) is 66.5 Å². The Kier molecular flexibility index (Phi) is 7.21. The lowest BCUT2D eigenvalue weighted by Crippen LogP contribution is -2.48. The van der Waals surface area contributed by atoms with Gasteiger partial charge in [-0.15, -0.1) is 0 Å². The molecule has 0 saturated heterocycles. The van der Waals surface area contributed by atoms with Crippen molar-refractivity contribution in [3.63, 3.8) is 0 Å². The number of hydrogen-bond donors (Lipinski definition) is 1. The monoisotopic (exact) mass is 412 g/mol. The van der Waals surface area contributed by atoms with Gasteiger partial charge >= 0.3 is 0 Å². The SMILES string of the molecule is CC(C(=O)NCCCc1ccc(Cl)cc1)N(c1ccc(F)cc1)S(C)(=O)=O. The average molecular weight is 413 g/mol. The van der Waals surface area contributed by atoms with Gasteiger partial charge in [0, 0.05) is 11.6 Å². The molecule has 1 unspecified atom stereocenters. The Labute approximate surface area is 164 Å². The van der Waals surface area contributed by atoms with Crippen LogP contribution in [0.1, 0.15) is 18.9 Å². The van der Waals surface area contributed by atoms with Crippen molar-refractivity contribution in [2.24, 2.45) is 0 Å². The fourth-order valence-electron chi connectivity index (χ4n) is 2.70. The fourth-order valence-corrected chi connectivity index (χ4v) is 4.00. The summed E-state index contributed by atoms with van der Waals surface area (Å²) >= 11 is 5.84. The Morgan fingerprint density at radius 1 is 1.15 bits per heavy atom. The lowest BCUT2D eigenvalue weighted by Gasteiger charge is -2.28. The van der Waals surface area contributed by atoms with Crippen molar-refractivity contribution in [1.29, 1.82) is 0 Å². The van der Waals surface area contributed by atoms with Crippen LogP contribution in [0, 0.1) is 5.82 Å². The van der Waals surface area contributed by atoms with Crippen LogP contribution in [0.15, 0.2) is 48.5 Å². The van der Waals surface area contributed by atoms with Crippen molar-refractivity contribution < 1.29 is 17.6 Å². The van der Waals surface area contributed by atoms with Crippen molar-refractivity contribution in [2.75, 3.05) is 17.1 Å². The van der Waals surface area contributed by atoms with Gasteiger partial charge in [-0.05, 0) is 61.7 Å². The third-order valence-electron chi connectivity index (χ3n) is 4.02. The van der Waals surface area contributed by atoms with E-state index in [1.165, 1.54) is 19.1 Å². The molecule has 0 bridgehead atoms. The highest BCUT2D eigenvalue weighted by Crippen LogP contribution is 2.21. The van der Waals surface area contributed by atoms with Crippen LogP contribution in [0.25, 0.3) is 0 Å². The first-order chi connectivity index (χ1) is 12.7. The van der Waals surface area contributed by atoms with E-state index in [-0.39, 0.29) is 5.69 Å². The summed E-state index contributed by atoms with van der Waals surface area (Å²) in [6, 6.07) is 11.5. The highest BCUT2D eigenvalue weighted by atomic mass is 35.5. The molecular formula is C19H22ClFN2O3S. The van der Waals surface area contributed by atoms with Gasteiger partial charge < -0.3 is 5.32 Å². The Morgan fingerprint density at radius 2 is 1.74 bits per heavy atom. The number of carbonyl (C=O) groups excluding carboxylic acids is 1. The van der Waals surface area contributed by atoms with E-state index in [1.54, 1.807) is 0 Å². The van der Waals surface area contributed by atoms with Crippen LogP contribution >= 0.6 is 11.6 Å². The van der Waals surface area contributed by atoms with Gasteiger partial charge in [0.05, 0.1) is 11.9 Å². The maximum absolute atomic E-state index is 13.1. The average Bonchev–Trinajstić information content (AvgIpc) is 2.60. The molecule has 2 aromatic carbocycles. The molecule has 1 atom stereocenters. The highest BCUT2D eigenvalue weighted by molar-refractivity contribution is 7.92. The highest BCUT2D eigenvalue weighted by Gasteiger charge is 2.28. The van der Waals surface area contributed by atoms with E-state index < -0.39 is 27.8 Å². The van der Waals surface area contributed by atoms with Crippen molar-refractivity contribution in [1.82, 2.24) is 5.32 Å². The smallest absolute Gasteiger partial charge is 0.243 e. The molecule has 0 radical (unpaired) electrons. The molecule has 1 N–H and O–H groups in total. The third kappa shape index (κ3) is 6.22. The molecular weight excluding hydrogens is 391 g/mol. The van der Waals surface area contributed by atoms with Gasteiger partial charge in [-0.3, -0.25) is 9.10 Å². The van der Waals surface area contributed by atoms with Crippen molar-refractivity contribution >= 4 is 33.2 Å². The number of benzene rings is 2. The van der Waals surface area contributed by atoms with E-state index in [0.717, 1.165) is 34.7 Å². The summed E-state index contributed by atoms with van der Waals surface area (Å²) in [4.78, 5) is 12.4. The summed E-state index contributed by atoms with van der Waals surface area (Å²) in [7, 11) is -3.72. The van der Waals surface area contributed by atoms with E-state index in [0.29, 0.717) is 18.0 Å². The van der Waals surface area contributed by atoms with Gasteiger partial charge in [-0.1, -0.05) is 23.7 Å². The standard InChI is InChI=1S/C19H22ClFN2O3S/c1-14(23(27(2,25)26)18-11-9-17(21)10-12-18)19(24)22-13-3-4-15-5-7-16(20)8-6-15/h5-12,14H,3-4,13H2,1-2H3,(H,22,24). The van der Waals surface area contributed by atoms with E-state index in [4.69, 9.17) is 11.6 Å². The van der Waals surface area contributed by atoms with Crippen molar-refractivity contribution in [2.45, 2.75) is 25.8 Å². The Hall–Kier alpha value is -2.12. The molecule has 8 heteroatoms. The zero-order valence-corrected chi connectivity index (χ0v) is 16.7. The van der Waals surface area contributed by atoms with Crippen molar-refractivity contribution in [3.8, 4) is 0 Å². The minimum absolute atomic E-state index is 0.239. The van der Waals surface area contributed by atoms with Crippen LogP contribution < -0.4 is 9.62 Å². The molecule has 0 fully saturated rings. The largest absolute Gasteiger partial charge is 0.354 e. The maximum atomic E-state index is 13.1. The Bertz CT molecular complexity index is 871. The van der Waals surface area contributed by atoms with Gasteiger partial charge in [0.2, 0.25) is 15.9 Å². The molecule has 0 saturated carbocycles. The second-order valence-corrected chi connectivity index (χ2v) is 8.53. The number of rotatable bonds is 8. The minimum Gasteiger partial charge on any atom is -0.354 e. The third-order valence-corrected chi connectivity index (χ3v) is 5.52. The predicted molar refractivity (Wildman–Crippen MR) is 106 cm³/mol. The number of nitrogens with zero attached hydrogens (tertiary/aromatic N) is 1. The van der Waals surface area contributed by atoms with E-state index in [9.17, 15) is 17.6 Å². The number of aryl methyl sites for hydroxylation is 1. The first kappa shape index (κ1) is 21.2. The fraction of sp³-hybridized carbons (Fsp3) is 0.316. The molecule has 27 heavy (non-hydrogen) atoms. The van der Waals surface area contributed by atoms with Gasteiger partial charge in [-0.25, -0.2) is 12.8 Å². The summed E-state index contributed by atoms with van der Waals surface area (Å²) in [6.45, 7) is 1.91. The molecule has 0 aliphatic rings. The number of hydrogen-bond acceptors (Lipinski definition) is 3. The zero-order valence-electron chi connectivity index (χ0n) is 15.2. The summed E-state index contributed by atoms with van der Waals surface area (Å²) < 4.78 is 38.4. The lowest BCUT2D eigenvalue weighted by atomic mass is 10.1. The van der Waals surface area contributed by atoms with Gasteiger partial charge in [-0.2, -0.15) is 0 Å². The number of anilines is 1. The molecule has 1 amide bonds. The van der Waals surface area contributed by atoms with Crippen LogP contribution in [0.5, 0.6) is 0 Å². The molecule has 146 valence electrons. The number of halogens is 2. The number of amides is 1. The molecule has 0 aromatic heterocycles. The van der Waals surface area contributed by atoms with Crippen LogP contribution in [0.2, 0.25) is 5.02 Å². The predicted octanol–water partition coefficient (Wildman–Crippen LogP) is 3.38. The first-order valence-corrected chi connectivity index (χ1v) is 10.7. The summed E-state index contributed by atoms with van der Waals surface area (Å²) in [5, 5.41) is 3.42. The summed E-state index contributed by atoms with van der Waals surface area (Å²) in [5.41, 5.74) is 1.34. The van der Waals surface area contributed by atoms with Crippen LogP contribution in [-0.4, -0.2) is 33.2 Å². The lowest BCUT2D eigenvalue weighted by molar-refractivity contribution is -0.121. The molecule has 5 nitrogen and oxygen atoms in total. The van der Waals surface area contributed by atoms with Crippen molar-refractivity contribution in [3.05, 3.63) is 64.9 Å². The maximum Gasteiger partial charge on any atom is 0.243 e. The quantitative estimate of drug-likeness (QED) is 0.676. The Morgan fingerprint density at radius 3 is 2.30 bits per heavy atom. The van der Waals surface area contributed by atoms with Crippen LogP contribution in [0.4, 0.5) is 10.1 Å². The second-order valence-electron chi connectivity index (χ2n) is 6.23. The molecule has 0 aliphatic carbocycles. The minimum atomic E-state index is -3.72. The summed E-state index contributed by atoms with van der Waals surface area (Å²) in [5.74, 6) is -0.896. The normalized spacial score (nSPS) is 12.4. The molecule has 2 rings (SSSR count). The summed E-state index contributed by atoms with van der Waals surface area (Å²) in [6.07, 6.45) is 2.48. The number of carbonyl (C=O) groups is 1. The molecule has 0 heterocycles. The van der Waals surface area contributed by atoms with E-state index >= 15 is 0 Å². The molecule has 0 aliphatic heterocycles. The van der Waals surface area contributed by atoms with Gasteiger partial charge in [0.25, 0.3) is 0 Å². The molecule has 2 aromatic rings. The van der Waals surface area contributed by atoms with E-state index in [2.05, 4.69) is 5.32 Å². The zero-order chi connectivity index (χ0) is 20.0. The van der Waals surface area contributed by atoms with Crippen LogP contribution in [-0.2, 0) is 21.2 Å². The molecule has 0 spiro atoms. The van der Waals surface area contributed by atoms with Crippen LogP contribution in [0.3, 0.4) is 0 Å². The Balaban J connectivity index is 1.96. The number of sulfonamides is 1. The van der Waals surface area contributed by atoms with Gasteiger partial charge in [0.1, 0.15) is 11.9 Å².